The highest BCUT2D eigenvalue weighted by Crippen LogP contribution is 2.28. The molecule has 0 unspecified atom stereocenters. The Morgan fingerprint density at radius 1 is 1.50 bits per heavy atom. The third kappa shape index (κ3) is 1.99. The monoisotopic (exact) mass is 279 g/mol. The van der Waals surface area contributed by atoms with Crippen LogP contribution in [-0.4, -0.2) is 16.2 Å². The zero-order chi connectivity index (χ0) is 11.5. The minimum absolute atomic E-state index is 0.664. The summed E-state index contributed by atoms with van der Waals surface area (Å²) in [6.45, 7) is 0. The van der Waals surface area contributed by atoms with E-state index in [1.807, 2.05) is 31.3 Å². The summed E-state index contributed by atoms with van der Waals surface area (Å²) < 4.78 is 2.71. The summed E-state index contributed by atoms with van der Waals surface area (Å²) >= 11 is 3.44. The third-order valence-electron chi connectivity index (χ3n) is 2.26. The molecule has 0 aliphatic carbocycles. The topological polar surface area (TPSA) is 46.9 Å². The first-order valence-electron chi connectivity index (χ1n) is 4.70. The molecule has 1 amide bonds. The Kier molecular flexibility index (Phi) is 3.05. The Morgan fingerprint density at radius 2 is 2.31 bits per heavy atom. The van der Waals surface area contributed by atoms with Crippen molar-refractivity contribution < 1.29 is 4.79 Å². The largest absolute Gasteiger partial charge is 0.329 e. The molecule has 5 heteroatoms. The van der Waals surface area contributed by atoms with Crippen LogP contribution in [0.4, 0.5) is 5.69 Å². The van der Waals surface area contributed by atoms with Gasteiger partial charge in [0.1, 0.15) is 0 Å². The van der Waals surface area contributed by atoms with Crippen LogP contribution in [0.1, 0.15) is 0 Å². The van der Waals surface area contributed by atoms with E-state index >= 15 is 0 Å². The molecule has 0 atom stereocenters. The smallest absolute Gasteiger partial charge is 0.211 e. The lowest BCUT2D eigenvalue weighted by molar-refractivity contribution is -0.105. The molecule has 1 N–H and O–H groups in total. The average Bonchev–Trinajstić information content (AvgIpc) is 2.59. The maximum absolute atomic E-state index is 10.4. The summed E-state index contributed by atoms with van der Waals surface area (Å²) in [7, 11) is 1.87. The molecule has 2 aromatic rings. The highest BCUT2D eigenvalue weighted by molar-refractivity contribution is 9.10. The first-order valence-corrected chi connectivity index (χ1v) is 5.50. The van der Waals surface area contributed by atoms with Crippen LogP contribution in [0.5, 0.6) is 0 Å². The fourth-order valence-corrected chi connectivity index (χ4v) is 2.14. The zero-order valence-corrected chi connectivity index (χ0v) is 10.2. The number of rotatable bonds is 3. The van der Waals surface area contributed by atoms with Crippen LogP contribution < -0.4 is 5.32 Å². The molecule has 0 saturated carbocycles. The van der Waals surface area contributed by atoms with Gasteiger partial charge in [0, 0.05) is 18.3 Å². The van der Waals surface area contributed by atoms with Gasteiger partial charge in [-0.15, -0.1) is 0 Å². The Hall–Kier alpha value is -1.62. The fourth-order valence-electron chi connectivity index (χ4n) is 1.56. The van der Waals surface area contributed by atoms with E-state index in [0.717, 1.165) is 21.4 Å². The average molecular weight is 280 g/mol. The van der Waals surface area contributed by atoms with Gasteiger partial charge in [-0.2, -0.15) is 5.10 Å². The van der Waals surface area contributed by atoms with E-state index in [4.69, 9.17) is 0 Å². The molecule has 0 saturated heterocycles. The number of aryl methyl sites for hydroxylation is 1. The van der Waals surface area contributed by atoms with E-state index in [0.29, 0.717) is 6.41 Å². The van der Waals surface area contributed by atoms with E-state index in [2.05, 4.69) is 26.3 Å². The molecular formula is C11H10BrN3O. The van der Waals surface area contributed by atoms with Gasteiger partial charge in [0.05, 0.1) is 16.4 Å². The van der Waals surface area contributed by atoms with Gasteiger partial charge in [0.25, 0.3) is 0 Å². The molecule has 0 fully saturated rings. The van der Waals surface area contributed by atoms with Crippen molar-refractivity contribution in [2.24, 2.45) is 7.05 Å². The Bertz CT molecular complexity index is 502. The summed E-state index contributed by atoms with van der Waals surface area (Å²) in [4.78, 5) is 10.4. The van der Waals surface area contributed by atoms with E-state index in [1.165, 1.54) is 0 Å². The van der Waals surface area contributed by atoms with Gasteiger partial charge in [-0.3, -0.25) is 9.48 Å². The van der Waals surface area contributed by atoms with Gasteiger partial charge in [0.15, 0.2) is 0 Å². The van der Waals surface area contributed by atoms with Crippen molar-refractivity contribution in [3.63, 3.8) is 0 Å². The second-order valence-corrected chi connectivity index (χ2v) is 4.16. The molecule has 0 aliphatic rings. The summed E-state index contributed by atoms with van der Waals surface area (Å²) in [6.07, 6.45) is 2.41. The second kappa shape index (κ2) is 4.49. The lowest BCUT2D eigenvalue weighted by Crippen LogP contribution is -1.96. The normalized spacial score (nSPS) is 10.1. The summed E-state index contributed by atoms with van der Waals surface area (Å²) in [6, 6.07) is 7.59. The molecule has 0 spiro atoms. The van der Waals surface area contributed by atoms with Gasteiger partial charge < -0.3 is 5.32 Å². The van der Waals surface area contributed by atoms with Crippen LogP contribution in [0.15, 0.2) is 34.9 Å². The summed E-state index contributed by atoms with van der Waals surface area (Å²) in [5.74, 6) is 0. The molecule has 1 aromatic heterocycles. The van der Waals surface area contributed by atoms with Gasteiger partial charge in [-0.1, -0.05) is 12.1 Å². The van der Waals surface area contributed by atoms with E-state index < -0.39 is 0 Å². The van der Waals surface area contributed by atoms with Crippen molar-refractivity contribution in [2.75, 3.05) is 5.32 Å². The lowest BCUT2D eigenvalue weighted by atomic mass is 10.1. The number of carbonyl (C=O) groups is 1. The summed E-state index contributed by atoms with van der Waals surface area (Å²) in [5.41, 5.74) is 2.74. The van der Waals surface area contributed by atoms with Crippen molar-refractivity contribution in [2.45, 2.75) is 0 Å². The third-order valence-corrected chi connectivity index (χ3v) is 2.84. The first-order chi connectivity index (χ1) is 7.72. The Labute approximate surface area is 101 Å². The standard InChI is InChI=1S/C11H10BrN3O/c1-15-11(10(12)6-14-15)8-3-2-4-9(5-8)13-7-16/h2-7H,1H3,(H,13,16). The van der Waals surface area contributed by atoms with Crippen LogP contribution in [0.3, 0.4) is 0 Å². The lowest BCUT2D eigenvalue weighted by Gasteiger charge is -2.05. The molecule has 1 heterocycles. The quantitative estimate of drug-likeness (QED) is 0.878. The number of nitrogens with zero attached hydrogens (tertiary/aromatic N) is 2. The minimum Gasteiger partial charge on any atom is -0.329 e. The molecule has 0 radical (unpaired) electrons. The zero-order valence-electron chi connectivity index (χ0n) is 8.64. The van der Waals surface area contributed by atoms with Crippen molar-refractivity contribution in [3.8, 4) is 11.3 Å². The number of carbonyl (C=O) groups excluding carboxylic acids is 1. The number of benzene rings is 1. The Morgan fingerprint density at radius 3 is 2.94 bits per heavy atom. The van der Waals surface area contributed by atoms with Crippen LogP contribution in [0, 0.1) is 0 Å². The number of aromatic nitrogens is 2. The summed E-state index contributed by atoms with van der Waals surface area (Å²) in [5, 5.41) is 6.77. The van der Waals surface area contributed by atoms with Crippen molar-refractivity contribution in [1.29, 1.82) is 0 Å². The van der Waals surface area contributed by atoms with E-state index in [-0.39, 0.29) is 0 Å². The fraction of sp³-hybridized carbons (Fsp3) is 0.0909. The SMILES string of the molecule is Cn1ncc(Br)c1-c1cccc(NC=O)c1. The molecule has 4 nitrogen and oxygen atoms in total. The first kappa shape index (κ1) is 10.9. The molecule has 2 rings (SSSR count). The minimum atomic E-state index is 0.664. The maximum Gasteiger partial charge on any atom is 0.211 e. The predicted molar refractivity (Wildman–Crippen MR) is 66.0 cm³/mol. The maximum atomic E-state index is 10.4. The van der Waals surface area contributed by atoms with Gasteiger partial charge in [-0.25, -0.2) is 0 Å². The molecular weight excluding hydrogens is 270 g/mol. The predicted octanol–water partition coefficient (Wildman–Crippen LogP) is 2.42. The highest BCUT2D eigenvalue weighted by Gasteiger charge is 2.08. The van der Waals surface area contributed by atoms with Crippen molar-refractivity contribution >= 4 is 28.0 Å². The molecule has 0 aliphatic heterocycles. The number of amides is 1. The van der Waals surface area contributed by atoms with Gasteiger partial charge >= 0.3 is 0 Å². The van der Waals surface area contributed by atoms with Crippen LogP contribution in [-0.2, 0) is 11.8 Å². The van der Waals surface area contributed by atoms with Crippen molar-refractivity contribution in [1.82, 2.24) is 9.78 Å². The Balaban J connectivity index is 2.48. The highest BCUT2D eigenvalue weighted by atomic mass is 79.9. The number of hydrogen-bond acceptors (Lipinski definition) is 2. The van der Waals surface area contributed by atoms with Crippen LogP contribution in [0.25, 0.3) is 11.3 Å². The number of anilines is 1. The molecule has 82 valence electrons. The van der Waals surface area contributed by atoms with E-state index in [1.54, 1.807) is 10.9 Å². The molecule has 1 aromatic carbocycles. The molecule has 16 heavy (non-hydrogen) atoms. The van der Waals surface area contributed by atoms with Crippen molar-refractivity contribution in [3.05, 3.63) is 34.9 Å². The van der Waals surface area contributed by atoms with Gasteiger partial charge in [-0.05, 0) is 28.1 Å². The van der Waals surface area contributed by atoms with E-state index in [9.17, 15) is 4.79 Å². The number of hydrogen-bond donors (Lipinski definition) is 1. The van der Waals surface area contributed by atoms with Crippen LogP contribution in [0.2, 0.25) is 0 Å². The number of halogens is 1. The second-order valence-electron chi connectivity index (χ2n) is 3.31. The van der Waals surface area contributed by atoms with Gasteiger partial charge in [0.2, 0.25) is 6.41 Å². The van der Waals surface area contributed by atoms with Crippen LogP contribution >= 0.6 is 15.9 Å². The molecule has 0 bridgehead atoms. The number of nitrogens with one attached hydrogen (secondary N) is 1.